The fraction of sp³-hybridized carbons (Fsp3) is 0.471. The normalized spacial score (nSPS) is 16.3. The van der Waals surface area contributed by atoms with E-state index in [-0.39, 0.29) is 10.6 Å². The van der Waals surface area contributed by atoms with E-state index in [4.69, 9.17) is 0 Å². The molecule has 0 unspecified atom stereocenters. The van der Waals surface area contributed by atoms with Gasteiger partial charge in [0, 0.05) is 57.8 Å². The molecule has 0 N–H and O–H groups in total. The molecule has 0 radical (unpaired) electrons. The summed E-state index contributed by atoms with van der Waals surface area (Å²) in [4.78, 5) is 15.0. The van der Waals surface area contributed by atoms with Crippen molar-refractivity contribution in [3.8, 4) is 0 Å². The van der Waals surface area contributed by atoms with Crippen molar-refractivity contribution in [2.24, 2.45) is 7.05 Å². The Hall–Kier alpha value is -2.46. The first kappa shape index (κ1) is 19.3. The smallest absolute Gasteiger partial charge is 0.311 e. The zero-order valence-electron chi connectivity index (χ0n) is 15.4. The zero-order valence-corrected chi connectivity index (χ0v) is 16.2. The highest BCUT2D eigenvalue weighted by molar-refractivity contribution is 7.90. The molecule has 1 saturated heterocycles. The Morgan fingerprint density at radius 1 is 1.22 bits per heavy atom. The molecule has 1 fully saturated rings. The lowest BCUT2D eigenvalue weighted by molar-refractivity contribution is -0.387. The molecular weight excluding hydrogens is 370 g/mol. The summed E-state index contributed by atoms with van der Waals surface area (Å²) in [6.07, 6.45) is 5.64. The summed E-state index contributed by atoms with van der Waals surface area (Å²) in [7, 11) is -1.81. The third-order valence-corrected chi connectivity index (χ3v) is 5.78. The SMILES string of the molecule is Cn1cc(CN2CCCN(c3cccc(S(C)(=O)=O)c3[N+](=O)[O-])CC2)cn1. The van der Waals surface area contributed by atoms with Crippen molar-refractivity contribution in [3.05, 3.63) is 46.3 Å². The Kier molecular flexibility index (Phi) is 5.47. The van der Waals surface area contributed by atoms with Crippen LogP contribution in [0.1, 0.15) is 12.0 Å². The highest BCUT2D eigenvalue weighted by Crippen LogP contribution is 2.35. The van der Waals surface area contributed by atoms with E-state index < -0.39 is 14.8 Å². The summed E-state index contributed by atoms with van der Waals surface area (Å²) in [5.74, 6) is 0. The van der Waals surface area contributed by atoms with Gasteiger partial charge < -0.3 is 4.90 Å². The number of nitro groups is 1. The fourth-order valence-electron chi connectivity index (χ4n) is 3.43. The maximum Gasteiger partial charge on any atom is 0.311 e. The highest BCUT2D eigenvalue weighted by Gasteiger charge is 2.29. The second-order valence-electron chi connectivity index (χ2n) is 6.79. The second-order valence-corrected chi connectivity index (χ2v) is 8.78. The minimum atomic E-state index is -3.69. The number of hydrogen-bond acceptors (Lipinski definition) is 7. The number of aromatic nitrogens is 2. The quantitative estimate of drug-likeness (QED) is 0.559. The van der Waals surface area contributed by atoms with E-state index in [0.29, 0.717) is 18.8 Å². The van der Waals surface area contributed by atoms with Crippen LogP contribution in [-0.2, 0) is 23.4 Å². The second kappa shape index (κ2) is 7.65. The Morgan fingerprint density at radius 2 is 2.00 bits per heavy atom. The van der Waals surface area contributed by atoms with Gasteiger partial charge in [-0.25, -0.2) is 8.42 Å². The Bertz CT molecular complexity index is 941. The summed E-state index contributed by atoms with van der Waals surface area (Å²) in [5, 5.41) is 15.8. The van der Waals surface area contributed by atoms with Crippen molar-refractivity contribution >= 4 is 21.2 Å². The van der Waals surface area contributed by atoms with Gasteiger partial charge in [-0.3, -0.25) is 19.7 Å². The standard InChI is InChI=1S/C17H23N5O4S/c1-19-12-14(11-18-19)13-20-7-4-8-21(10-9-20)15-5-3-6-16(27(2,25)26)17(15)22(23)24/h3,5-6,11-12H,4,7-10,13H2,1-2H3. The van der Waals surface area contributed by atoms with Crippen LogP contribution in [-0.4, -0.2) is 60.5 Å². The summed E-state index contributed by atoms with van der Waals surface area (Å²) < 4.78 is 25.7. The van der Waals surface area contributed by atoms with Gasteiger partial charge >= 0.3 is 5.69 Å². The third kappa shape index (κ3) is 4.45. The number of para-hydroxylation sites is 1. The molecule has 1 aliphatic rings. The van der Waals surface area contributed by atoms with Crippen LogP contribution in [0, 0.1) is 10.1 Å². The van der Waals surface area contributed by atoms with E-state index in [2.05, 4.69) is 10.00 Å². The van der Waals surface area contributed by atoms with Crippen molar-refractivity contribution in [1.82, 2.24) is 14.7 Å². The number of benzene rings is 1. The van der Waals surface area contributed by atoms with Crippen LogP contribution in [0.3, 0.4) is 0 Å². The predicted octanol–water partition coefficient (Wildman–Crippen LogP) is 1.44. The minimum Gasteiger partial charge on any atom is -0.365 e. The molecule has 3 rings (SSSR count). The van der Waals surface area contributed by atoms with Crippen molar-refractivity contribution in [3.63, 3.8) is 0 Å². The Morgan fingerprint density at radius 3 is 2.63 bits per heavy atom. The summed E-state index contributed by atoms with van der Waals surface area (Å²) in [5.41, 5.74) is 1.16. The fourth-order valence-corrected chi connectivity index (χ4v) is 4.29. The molecule has 0 spiro atoms. The molecule has 2 aromatic rings. The van der Waals surface area contributed by atoms with E-state index in [1.54, 1.807) is 16.8 Å². The first-order valence-corrected chi connectivity index (χ1v) is 10.6. The van der Waals surface area contributed by atoms with Gasteiger partial charge in [-0.15, -0.1) is 0 Å². The average molecular weight is 393 g/mol. The van der Waals surface area contributed by atoms with Crippen LogP contribution in [0.15, 0.2) is 35.5 Å². The third-order valence-electron chi connectivity index (χ3n) is 4.65. The molecule has 0 bridgehead atoms. The van der Waals surface area contributed by atoms with Crippen molar-refractivity contribution < 1.29 is 13.3 Å². The van der Waals surface area contributed by atoms with Crippen molar-refractivity contribution in [2.45, 2.75) is 17.9 Å². The molecule has 2 heterocycles. The molecule has 0 aliphatic carbocycles. The van der Waals surface area contributed by atoms with E-state index in [1.807, 2.05) is 24.3 Å². The number of nitrogens with zero attached hydrogens (tertiary/aromatic N) is 5. The van der Waals surface area contributed by atoms with E-state index in [1.165, 1.54) is 6.07 Å². The molecule has 1 aromatic carbocycles. The van der Waals surface area contributed by atoms with Gasteiger partial charge in [0.05, 0.1) is 11.1 Å². The first-order valence-electron chi connectivity index (χ1n) is 8.68. The average Bonchev–Trinajstić information content (AvgIpc) is 2.86. The van der Waals surface area contributed by atoms with Gasteiger partial charge in [0.25, 0.3) is 0 Å². The molecule has 146 valence electrons. The van der Waals surface area contributed by atoms with Crippen LogP contribution in [0.5, 0.6) is 0 Å². The molecular formula is C17H23N5O4S. The molecule has 1 aromatic heterocycles. The van der Waals surface area contributed by atoms with Gasteiger partial charge in [-0.1, -0.05) is 6.07 Å². The zero-order chi connectivity index (χ0) is 19.6. The number of hydrogen-bond donors (Lipinski definition) is 0. The van der Waals surface area contributed by atoms with E-state index in [9.17, 15) is 18.5 Å². The molecule has 9 nitrogen and oxygen atoms in total. The number of rotatable bonds is 5. The largest absolute Gasteiger partial charge is 0.365 e. The lowest BCUT2D eigenvalue weighted by Crippen LogP contribution is -2.31. The van der Waals surface area contributed by atoms with Gasteiger partial charge in [-0.05, 0) is 18.6 Å². The van der Waals surface area contributed by atoms with Gasteiger partial charge in [0.2, 0.25) is 0 Å². The number of aryl methyl sites for hydroxylation is 1. The molecule has 0 amide bonds. The van der Waals surface area contributed by atoms with Gasteiger partial charge in [0.1, 0.15) is 10.6 Å². The number of nitro benzene ring substituents is 1. The van der Waals surface area contributed by atoms with Crippen LogP contribution < -0.4 is 4.90 Å². The van der Waals surface area contributed by atoms with Crippen LogP contribution in [0.4, 0.5) is 11.4 Å². The van der Waals surface area contributed by atoms with Crippen LogP contribution in [0.2, 0.25) is 0 Å². The maximum absolute atomic E-state index is 12.0. The summed E-state index contributed by atoms with van der Waals surface area (Å²) in [6, 6.07) is 4.49. The predicted molar refractivity (Wildman–Crippen MR) is 102 cm³/mol. The van der Waals surface area contributed by atoms with Crippen LogP contribution in [0.25, 0.3) is 0 Å². The highest BCUT2D eigenvalue weighted by atomic mass is 32.2. The molecule has 1 aliphatic heterocycles. The lowest BCUT2D eigenvalue weighted by atomic mass is 10.2. The van der Waals surface area contributed by atoms with Crippen LogP contribution >= 0.6 is 0 Å². The first-order chi connectivity index (χ1) is 12.8. The lowest BCUT2D eigenvalue weighted by Gasteiger charge is -2.23. The summed E-state index contributed by atoms with van der Waals surface area (Å²) >= 11 is 0. The number of anilines is 1. The number of sulfone groups is 1. The van der Waals surface area contributed by atoms with Gasteiger partial charge in [-0.2, -0.15) is 5.10 Å². The Labute approximate surface area is 158 Å². The molecule has 0 saturated carbocycles. The Balaban J connectivity index is 1.82. The molecule has 0 atom stereocenters. The topological polar surface area (TPSA) is 102 Å². The monoisotopic (exact) mass is 393 g/mol. The minimum absolute atomic E-state index is 0.235. The van der Waals surface area contributed by atoms with E-state index in [0.717, 1.165) is 37.9 Å². The molecule has 10 heteroatoms. The maximum atomic E-state index is 12.0. The summed E-state index contributed by atoms with van der Waals surface area (Å²) in [6.45, 7) is 3.60. The van der Waals surface area contributed by atoms with Crippen molar-refractivity contribution in [2.75, 3.05) is 37.3 Å². The van der Waals surface area contributed by atoms with Gasteiger partial charge in [0.15, 0.2) is 9.84 Å². The van der Waals surface area contributed by atoms with Crippen molar-refractivity contribution in [1.29, 1.82) is 0 Å². The molecule has 27 heavy (non-hydrogen) atoms. The van der Waals surface area contributed by atoms with E-state index >= 15 is 0 Å².